The molecule has 0 aliphatic heterocycles. The zero-order valence-electron chi connectivity index (χ0n) is 11.1. The molecule has 0 heterocycles. The summed E-state index contributed by atoms with van der Waals surface area (Å²) in [6, 6.07) is 5.13. The van der Waals surface area contributed by atoms with E-state index in [0.29, 0.717) is 24.6 Å². The van der Waals surface area contributed by atoms with Crippen LogP contribution in [0, 0.1) is 12.8 Å². The molecule has 1 aromatic carbocycles. The fourth-order valence-corrected chi connectivity index (χ4v) is 1.72. The molecule has 0 radical (unpaired) electrons. The van der Waals surface area contributed by atoms with Gasteiger partial charge in [0.25, 0.3) is 0 Å². The summed E-state index contributed by atoms with van der Waals surface area (Å²) in [5.41, 5.74) is 6.89. The Kier molecular flexibility index (Phi) is 5.65. The van der Waals surface area contributed by atoms with Crippen LogP contribution in [0.2, 0.25) is 0 Å². The van der Waals surface area contributed by atoms with Crippen LogP contribution in [0.15, 0.2) is 18.2 Å². The average molecular weight is 250 g/mol. The number of carbonyl (C=O) groups excluding carboxylic acids is 1. The molecule has 1 aromatic rings. The van der Waals surface area contributed by atoms with Crippen LogP contribution in [0.3, 0.4) is 0 Å². The van der Waals surface area contributed by atoms with Crippen molar-refractivity contribution >= 4 is 11.6 Å². The molecule has 0 aromatic heterocycles. The molecule has 1 unspecified atom stereocenters. The molecule has 0 saturated heterocycles. The van der Waals surface area contributed by atoms with Crippen molar-refractivity contribution in [2.45, 2.75) is 33.1 Å². The van der Waals surface area contributed by atoms with Crippen molar-refractivity contribution in [1.29, 1.82) is 0 Å². The summed E-state index contributed by atoms with van der Waals surface area (Å²) in [5.74, 6) is 0.638. The third-order valence-corrected chi connectivity index (χ3v) is 3.02. The fraction of sp³-hybridized carbons (Fsp3) is 0.500. The highest BCUT2D eigenvalue weighted by molar-refractivity contribution is 5.90. The monoisotopic (exact) mass is 250 g/mol. The van der Waals surface area contributed by atoms with Crippen molar-refractivity contribution in [3.63, 3.8) is 0 Å². The maximum atomic E-state index is 11.7. The molecule has 0 spiro atoms. The van der Waals surface area contributed by atoms with Crippen molar-refractivity contribution in [3.05, 3.63) is 23.8 Å². The number of amides is 1. The van der Waals surface area contributed by atoms with E-state index >= 15 is 0 Å². The molecule has 100 valence electrons. The van der Waals surface area contributed by atoms with Crippen LogP contribution in [-0.4, -0.2) is 17.6 Å². The van der Waals surface area contributed by atoms with Gasteiger partial charge in [-0.25, -0.2) is 0 Å². The number of aryl methyl sites for hydroxylation is 1. The number of carbonyl (C=O) groups is 1. The first-order chi connectivity index (χ1) is 8.52. The maximum Gasteiger partial charge on any atom is 0.224 e. The molecule has 1 atom stereocenters. The quantitative estimate of drug-likeness (QED) is 0.725. The normalized spacial score (nSPS) is 12.2. The number of phenols is 1. The van der Waals surface area contributed by atoms with Crippen LogP contribution in [0.5, 0.6) is 5.75 Å². The Labute approximate surface area is 108 Å². The highest BCUT2D eigenvalue weighted by Gasteiger charge is 2.07. The van der Waals surface area contributed by atoms with Gasteiger partial charge in [0.15, 0.2) is 0 Å². The Hall–Kier alpha value is -1.55. The van der Waals surface area contributed by atoms with Crippen LogP contribution < -0.4 is 11.1 Å². The maximum absolute atomic E-state index is 11.7. The fourth-order valence-electron chi connectivity index (χ4n) is 1.72. The van der Waals surface area contributed by atoms with Crippen LogP contribution in [0.1, 0.15) is 31.7 Å². The molecule has 4 N–H and O–H groups in total. The van der Waals surface area contributed by atoms with Gasteiger partial charge in [0.1, 0.15) is 5.75 Å². The first kappa shape index (κ1) is 14.5. The van der Waals surface area contributed by atoms with Gasteiger partial charge >= 0.3 is 0 Å². The lowest BCUT2D eigenvalue weighted by Gasteiger charge is -2.10. The molecular formula is C14H22N2O2. The van der Waals surface area contributed by atoms with Crippen molar-refractivity contribution in [2.24, 2.45) is 11.7 Å². The van der Waals surface area contributed by atoms with Gasteiger partial charge in [0.05, 0.1) is 0 Å². The number of rotatable bonds is 6. The molecule has 1 amide bonds. The Morgan fingerprint density at radius 2 is 2.17 bits per heavy atom. The minimum atomic E-state index is -0.0258. The van der Waals surface area contributed by atoms with Gasteiger partial charge in [0.2, 0.25) is 5.91 Å². The van der Waals surface area contributed by atoms with Crippen LogP contribution >= 0.6 is 0 Å². The minimum Gasteiger partial charge on any atom is -0.508 e. The predicted octanol–water partition coefficient (Wildman–Crippen LogP) is 2.40. The third kappa shape index (κ3) is 4.75. The molecule has 18 heavy (non-hydrogen) atoms. The van der Waals surface area contributed by atoms with E-state index in [1.807, 2.05) is 6.92 Å². The molecular weight excluding hydrogens is 228 g/mol. The second kappa shape index (κ2) is 7.01. The van der Waals surface area contributed by atoms with Gasteiger partial charge in [-0.05, 0) is 43.9 Å². The Morgan fingerprint density at radius 1 is 1.44 bits per heavy atom. The lowest BCUT2D eigenvalue weighted by atomic mass is 10.0. The lowest BCUT2D eigenvalue weighted by molar-refractivity contribution is -0.116. The Balaban J connectivity index is 2.42. The number of anilines is 1. The van der Waals surface area contributed by atoms with Gasteiger partial charge in [0, 0.05) is 18.2 Å². The van der Waals surface area contributed by atoms with Crippen molar-refractivity contribution in [2.75, 3.05) is 11.9 Å². The van der Waals surface area contributed by atoms with E-state index in [0.717, 1.165) is 18.4 Å². The molecule has 0 aliphatic carbocycles. The number of hydrogen-bond acceptors (Lipinski definition) is 3. The Morgan fingerprint density at radius 3 is 2.78 bits per heavy atom. The summed E-state index contributed by atoms with van der Waals surface area (Å²) >= 11 is 0. The summed E-state index contributed by atoms with van der Waals surface area (Å²) in [6.07, 6.45) is 2.26. The molecule has 0 saturated carbocycles. The van der Waals surface area contributed by atoms with Gasteiger partial charge in [-0.1, -0.05) is 13.0 Å². The van der Waals surface area contributed by atoms with E-state index in [2.05, 4.69) is 12.2 Å². The van der Waals surface area contributed by atoms with E-state index in [9.17, 15) is 9.90 Å². The smallest absolute Gasteiger partial charge is 0.224 e. The number of nitrogens with two attached hydrogens (primary N) is 1. The van der Waals surface area contributed by atoms with Gasteiger partial charge < -0.3 is 16.2 Å². The van der Waals surface area contributed by atoms with E-state index in [1.54, 1.807) is 18.2 Å². The van der Waals surface area contributed by atoms with Gasteiger partial charge in [-0.3, -0.25) is 4.79 Å². The second-order valence-corrected chi connectivity index (χ2v) is 4.77. The predicted molar refractivity (Wildman–Crippen MR) is 73.5 cm³/mol. The number of benzene rings is 1. The molecule has 0 fully saturated rings. The highest BCUT2D eigenvalue weighted by Crippen LogP contribution is 2.21. The summed E-state index contributed by atoms with van der Waals surface area (Å²) in [6.45, 7) is 4.57. The number of aromatic hydroxyl groups is 1. The van der Waals surface area contributed by atoms with Crippen LogP contribution in [-0.2, 0) is 4.79 Å². The summed E-state index contributed by atoms with van der Waals surface area (Å²) in [5, 5.41) is 12.3. The molecule has 4 nitrogen and oxygen atoms in total. The first-order valence-corrected chi connectivity index (χ1v) is 6.32. The highest BCUT2D eigenvalue weighted by atomic mass is 16.3. The Bertz CT molecular complexity index is 405. The zero-order chi connectivity index (χ0) is 13.5. The number of phenolic OH excluding ortho intramolecular Hbond substituents is 1. The van der Waals surface area contributed by atoms with Crippen LogP contribution in [0.4, 0.5) is 5.69 Å². The molecule has 0 bridgehead atoms. The SMILES string of the molecule is Cc1ccc(NC(=O)CCC(C)CCN)cc1O. The molecule has 4 heteroatoms. The topological polar surface area (TPSA) is 75.4 Å². The lowest BCUT2D eigenvalue weighted by Crippen LogP contribution is -2.14. The van der Waals surface area contributed by atoms with E-state index < -0.39 is 0 Å². The molecule has 0 aliphatic rings. The zero-order valence-corrected chi connectivity index (χ0v) is 11.1. The van der Waals surface area contributed by atoms with Crippen LogP contribution in [0.25, 0.3) is 0 Å². The van der Waals surface area contributed by atoms with Gasteiger partial charge in [-0.15, -0.1) is 0 Å². The second-order valence-electron chi connectivity index (χ2n) is 4.77. The summed E-state index contributed by atoms with van der Waals surface area (Å²) < 4.78 is 0. The standard InChI is InChI=1S/C14H22N2O2/c1-10(7-8-15)3-6-14(18)16-12-5-4-11(2)13(17)9-12/h4-5,9-10,17H,3,6-8,15H2,1-2H3,(H,16,18). The largest absolute Gasteiger partial charge is 0.508 e. The average Bonchev–Trinajstić information content (AvgIpc) is 2.32. The van der Waals surface area contributed by atoms with E-state index in [1.165, 1.54) is 0 Å². The number of nitrogens with one attached hydrogen (secondary N) is 1. The minimum absolute atomic E-state index is 0.0258. The van der Waals surface area contributed by atoms with Crippen molar-refractivity contribution in [3.8, 4) is 5.75 Å². The van der Waals surface area contributed by atoms with E-state index in [-0.39, 0.29) is 11.7 Å². The number of hydrogen-bond donors (Lipinski definition) is 3. The van der Waals surface area contributed by atoms with Crippen molar-refractivity contribution in [1.82, 2.24) is 0 Å². The first-order valence-electron chi connectivity index (χ1n) is 6.32. The van der Waals surface area contributed by atoms with Gasteiger partial charge in [-0.2, -0.15) is 0 Å². The summed E-state index contributed by atoms with van der Waals surface area (Å²) in [4.78, 5) is 11.7. The third-order valence-electron chi connectivity index (χ3n) is 3.02. The summed E-state index contributed by atoms with van der Waals surface area (Å²) in [7, 11) is 0. The van der Waals surface area contributed by atoms with Crippen molar-refractivity contribution < 1.29 is 9.90 Å². The molecule has 1 rings (SSSR count). The van der Waals surface area contributed by atoms with E-state index in [4.69, 9.17) is 5.73 Å².